The minimum atomic E-state index is -0.228. The fraction of sp³-hybridized carbons (Fsp3) is 0.200. The molecule has 1 aromatic carbocycles. The first-order valence-corrected chi connectivity index (χ1v) is 8.99. The Hall–Kier alpha value is -3.68. The van der Waals surface area contributed by atoms with Crippen LogP contribution < -0.4 is 11.0 Å². The molecule has 1 N–H and O–H groups in total. The molecule has 1 amide bonds. The highest BCUT2D eigenvalue weighted by atomic mass is 16.2. The molecule has 3 heterocycles. The molecule has 0 saturated carbocycles. The van der Waals surface area contributed by atoms with Crippen LogP contribution >= 0.6 is 0 Å². The van der Waals surface area contributed by atoms with E-state index in [1.54, 1.807) is 29.2 Å². The van der Waals surface area contributed by atoms with E-state index >= 15 is 0 Å². The summed E-state index contributed by atoms with van der Waals surface area (Å²) >= 11 is 0. The summed E-state index contributed by atoms with van der Waals surface area (Å²) in [5.41, 5.74) is 3.63. The zero-order chi connectivity index (χ0) is 19.7. The molecule has 0 bridgehead atoms. The Morgan fingerprint density at radius 2 is 1.89 bits per heavy atom. The molecular formula is C20H20N6O2. The van der Waals surface area contributed by atoms with Gasteiger partial charge in [0.1, 0.15) is 0 Å². The van der Waals surface area contributed by atoms with Crippen molar-refractivity contribution in [2.24, 2.45) is 0 Å². The molecule has 8 heteroatoms. The van der Waals surface area contributed by atoms with Gasteiger partial charge in [-0.05, 0) is 37.6 Å². The molecule has 0 saturated heterocycles. The van der Waals surface area contributed by atoms with E-state index in [1.165, 1.54) is 9.08 Å². The van der Waals surface area contributed by atoms with Crippen molar-refractivity contribution in [2.75, 3.05) is 6.54 Å². The summed E-state index contributed by atoms with van der Waals surface area (Å²) in [5, 5.41) is 11.5. The standard InChI is InChI=1S/C20H20N6O2/c1-14-7-3-4-8-17(14)26-15(2)16(13-22-26)19(27)21-10-12-25-20(28)24-11-6-5-9-18(24)23-25/h3-9,11,13H,10,12H2,1-2H3,(H,21,27). The summed E-state index contributed by atoms with van der Waals surface area (Å²) in [6.07, 6.45) is 3.23. The number of amides is 1. The van der Waals surface area contributed by atoms with Crippen molar-refractivity contribution in [1.82, 2.24) is 29.3 Å². The van der Waals surface area contributed by atoms with E-state index in [2.05, 4.69) is 15.5 Å². The molecule has 0 unspecified atom stereocenters. The van der Waals surface area contributed by atoms with Gasteiger partial charge in [0.15, 0.2) is 5.65 Å². The van der Waals surface area contributed by atoms with Crippen LogP contribution in [0.5, 0.6) is 0 Å². The molecular weight excluding hydrogens is 356 g/mol. The van der Waals surface area contributed by atoms with E-state index in [1.807, 2.05) is 44.2 Å². The maximum absolute atomic E-state index is 12.6. The maximum Gasteiger partial charge on any atom is 0.350 e. The monoisotopic (exact) mass is 376 g/mol. The Balaban J connectivity index is 1.46. The zero-order valence-corrected chi connectivity index (χ0v) is 15.7. The lowest BCUT2D eigenvalue weighted by Gasteiger charge is -2.08. The fourth-order valence-electron chi connectivity index (χ4n) is 3.16. The quantitative estimate of drug-likeness (QED) is 0.575. The predicted octanol–water partition coefficient (Wildman–Crippen LogP) is 1.73. The SMILES string of the molecule is Cc1ccccc1-n1ncc(C(=O)NCCn2nc3ccccn3c2=O)c1C. The number of rotatable bonds is 5. The van der Waals surface area contributed by atoms with E-state index in [4.69, 9.17) is 0 Å². The molecule has 28 heavy (non-hydrogen) atoms. The second-order valence-electron chi connectivity index (χ2n) is 6.53. The number of fused-ring (bicyclic) bond motifs is 1. The highest BCUT2D eigenvalue weighted by molar-refractivity contribution is 5.95. The van der Waals surface area contributed by atoms with E-state index in [9.17, 15) is 9.59 Å². The number of carbonyl (C=O) groups is 1. The minimum Gasteiger partial charge on any atom is -0.350 e. The molecule has 0 spiro atoms. The molecule has 8 nitrogen and oxygen atoms in total. The Bertz CT molecular complexity index is 1220. The van der Waals surface area contributed by atoms with Crippen LogP contribution in [0.1, 0.15) is 21.6 Å². The first-order valence-electron chi connectivity index (χ1n) is 8.99. The number of aromatic nitrogens is 5. The van der Waals surface area contributed by atoms with E-state index < -0.39 is 0 Å². The summed E-state index contributed by atoms with van der Waals surface area (Å²) in [4.78, 5) is 24.8. The van der Waals surface area contributed by atoms with Crippen molar-refractivity contribution in [1.29, 1.82) is 0 Å². The Morgan fingerprint density at radius 3 is 2.68 bits per heavy atom. The van der Waals surface area contributed by atoms with Gasteiger partial charge in [0, 0.05) is 12.7 Å². The summed E-state index contributed by atoms with van der Waals surface area (Å²) in [5.74, 6) is -0.228. The van der Waals surface area contributed by atoms with Crippen molar-refractivity contribution >= 4 is 11.6 Å². The number of benzene rings is 1. The maximum atomic E-state index is 12.6. The molecule has 0 radical (unpaired) electrons. The molecule has 0 aliphatic rings. The Kier molecular flexibility index (Phi) is 4.52. The number of hydrogen-bond acceptors (Lipinski definition) is 4. The largest absolute Gasteiger partial charge is 0.350 e. The van der Waals surface area contributed by atoms with E-state index in [-0.39, 0.29) is 24.7 Å². The van der Waals surface area contributed by atoms with Crippen LogP contribution in [0, 0.1) is 13.8 Å². The van der Waals surface area contributed by atoms with Crippen molar-refractivity contribution in [3.05, 3.63) is 82.2 Å². The zero-order valence-electron chi connectivity index (χ0n) is 15.7. The summed E-state index contributed by atoms with van der Waals surface area (Å²) in [6.45, 7) is 4.44. The van der Waals surface area contributed by atoms with Crippen LogP contribution in [0.2, 0.25) is 0 Å². The van der Waals surface area contributed by atoms with Gasteiger partial charge in [-0.15, -0.1) is 5.10 Å². The number of aryl methyl sites for hydroxylation is 1. The van der Waals surface area contributed by atoms with Gasteiger partial charge in [0.25, 0.3) is 5.91 Å². The van der Waals surface area contributed by atoms with Crippen molar-refractivity contribution < 1.29 is 4.79 Å². The second kappa shape index (κ2) is 7.15. The Labute approximate surface area is 161 Å². The van der Waals surface area contributed by atoms with E-state index in [0.29, 0.717) is 11.2 Å². The van der Waals surface area contributed by atoms with Crippen molar-refractivity contribution in [3.8, 4) is 5.69 Å². The number of carbonyl (C=O) groups excluding carboxylic acids is 1. The van der Waals surface area contributed by atoms with Crippen LogP contribution in [0.15, 0.2) is 59.7 Å². The smallest absolute Gasteiger partial charge is 0.350 e. The molecule has 4 aromatic rings. The first kappa shape index (κ1) is 17.7. The number of hydrogen-bond donors (Lipinski definition) is 1. The third-order valence-electron chi connectivity index (χ3n) is 4.70. The van der Waals surface area contributed by atoms with Gasteiger partial charge in [0.2, 0.25) is 0 Å². The molecule has 0 fully saturated rings. The summed E-state index contributed by atoms with van der Waals surface area (Å²) < 4.78 is 4.58. The fourth-order valence-corrected chi connectivity index (χ4v) is 3.16. The average Bonchev–Trinajstić information content (AvgIpc) is 3.23. The molecule has 4 rings (SSSR count). The highest BCUT2D eigenvalue weighted by Gasteiger charge is 2.16. The Morgan fingerprint density at radius 1 is 1.11 bits per heavy atom. The summed E-state index contributed by atoms with van der Waals surface area (Å²) in [6, 6.07) is 13.2. The lowest BCUT2D eigenvalue weighted by atomic mass is 10.2. The number of pyridine rings is 1. The van der Waals surface area contributed by atoms with Gasteiger partial charge in [-0.1, -0.05) is 24.3 Å². The van der Waals surface area contributed by atoms with Crippen molar-refractivity contribution in [3.63, 3.8) is 0 Å². The topological polar surface area (TPSA) is 86.2 Å². The minimum absolute atomic E-state index is 0.228. The number of nitrogens with one attached hydrogen (secondary N) is 1. The van der Waals surface area contributed by atoms with Gasteiger partial charge in [-0.25, -0.2) is 14.2 Å². The molecule has 0 atom stereocenters. The highest BCUT2D eigenvalue weighted by Crippen LogP contribution is 2.17. The normalized spacial score (nSPS) is 11.1. The van der Waals surface area contributed by atoms with Gasteiger partial charge in [0.05, 0.1) is 29.7 Å². The van der Waals surface area contributed by atoms with Gasteiger partial charge in [-0.3, -0.25) is 9.20 Å². The van der Waals surface area contributed by atoms with Crippen LogP contribution in [-0.4, -0.2) is 36.4 Å². The van der Waals surface area contributed by atoms with E-state index in [0.717, 1.165) is 16.9 Å². The predicted molar refractivity (Wildman–Crippen MR) is 105 cm³/mol. The summed E-state index contributed by atoms with van der Waals surface area (Å²) in [7, 11) is 0. The lowest BCUT2D eigenvalue weighted by Crippen LogP contribution is -2.31. The van der Waals surface area contributed by atoms with Crippen molar-refractivity contribution in [2.45, 2.75) is 20.4 Å². The lowest BCUT2D eigenvalue weighted by molar-refractivity contribution is 0.0951. The van der Waals surface area contributed by atoms with Gasteiger partial charge < -0.3 is 5.32 Å². The molecule has 0 aliphatic carbocycles. The van der Waals surface area contributed by atoms with Crippen LogP contribution in [-0.2, 0) is 6.54 Å². The molecule has 142 valence electrons. The number of para-hydroxylation sites is 1. The molecule has 0 aliphatic heterocycles. The van der Waals surface area contributed by atoms with Crippen LogP contribution in [0.4, 0.5) is 0 Å². The average molecular weight is 376 g/mol. The van der Waals surface area contributed by atoms with Crippen LogP contribution in [0.25, 0.3) is 11.3 Å². The second-order valence-corrected chi connectivity index (χ2v) is 6.53. The van der Waals surface area contributed by atoms with Gasteiger partial charge in [-0.2, -0.15) is 5.10 Å². The third-order valence-corrected chi connectivity index (χ3v) is 4.70. The first-order chi connectivity index (χ1) is 13.6. The van der Waals surface area contributed by atoms with Crippen LogP contribution in [0.3, 0.4) is 0 Å². The third kappa shape index (κ3) is 3.09. The molecule has 3 aromatic heterocycles. The van der Waals surface area contributed by atoms with Gasteiger partial charge >= 0.3 is 5.69 Å². The number of nitrogens with zero attached hydrogens (tertiary/aromatic N) is 5.